The highest BCUT2D eigenvalue weighted by molar-refractivity contribution is 6.10. The molecule has 1 aromatic heterocycles. The van der Waals surface area contributed by atoms with Crippen LogP contribution in [0.4, 0.5) is 15.8 Å². The Morgan fingerprint density at radius 3 is 2.61 bits per heavy atom. The smallest absolute Gasteiger partial charge is 0.255 e. The fourth-order valence-corrected chi connectivity index (χ4v) is 4.13. The van der Waals surface area contributed by atoms with E-state index in [1.165, 1.54) is 12.1 Å². The number of anilines is 2. The third-order valence-corrected chi connectivity index (χ3v) is 5.71. The Morgan fingerprint density at radius 2 is 1.82 bits per heavy atom. The van der Waals surface area contributed by atoms with Crippen molar-refractivity contribution in [2.45, 2.75) is 19.8 Å². The maximum absolute atomic E-state index is 14.3. The van der Waals surface area contributed by atoms with Crippen LogP contribution in [0.5, 0.6) is 11.6 Å². The minimum atomic E-state index is -0.418. The van der Waals surface area contributed by atoms with Gasteiger partial charge in [-0.25, -0.2) is 9.37 Å². The van der Waals surface area contributed by atoms with Crippen molar-refractivity contribution in [2.75, 3.05) is 23.3 Å². The van der Waals surface area contributed by atoms with Crippen LogP contribution in [-0.4, -0.2) is 29.0 Å². The van der Waals surface area contributed by atoms with Gasteiger partial charge in [-0.15, -0.1) is 0 Å². The van der Waals surface area contributed by atoms with Crippen LogP contribution < -0.4 is 15.0 Å². The normalized spacial score (nSPS) is 13.3. The van der Waals surface area contributed by atoms with E-state index in [1.807, 2.05) is 24.3 Å². The minimum absolute atomic E-state index is 0.290. The van der Waals surface area contributed by atoms with Gasteiger partial charge in [0.05, 0.1) is 0 Å². The van der Waals surface area contributed by atoms with Crippen LogP contribution in [0.25, 0.3) is 10.8 Å². The Hall–Kier alpha value is -4.00. The van der Waals surface area contributed by atoms with Gasteiger partial charge >= 0.3 is 0 Å². The van der Waals surface area contributed by atoms with Gasteiger partial charge in [-0.1, -0.05) is 24.3 Å². The molecule has 0 unspecified atom stereocenters. The molecule has 1 aliphatic rings. The minimum Gasteiger partial charge on any atom is -0.438 e. The summed E-state index contributed by atoms with van der Waals surface area (Å²) in [4.78, 5) is 23.5. The van der Waals surface area contributed by atoms with Crippen LogP contribution in [0.15, 0.2) is 66.9 Å². The quantitative estimate of drug-likeness (QED) is 0.428. The number of nitrogens with one attached hydrogen (secondary N) is 1. The van der Waals surface area contributed by atoms with Gasteiger partial charge in [0.1, 0.15) is 17.4 Å². The first kappa shape index (κ1) is 20.9. The fraction of sp³-hybridized carbons (Fsp3) is 0.192. The Morgan fingerprint density at radius 1 is 1.03 bits per heavy atom. The predicted molar refractivity (Wildman–Crippen MR) is 127 cm³/mol. The van der Waals surface area contributed by atoms with E-state index in [-0.39, 0.29) is 11.5 Å². The summed E-state index contributed by atoms with van der Waals surface area (Å²) in [5.41, 5.74) is 1.65. The first-order valence-electron chi connectivity index (χ1n) is 10.9. The molecule has 0 spiro atoms. The summed E-state index contributed by atoms with van der Waals surface area (Å²) in [7, 11) is 0. The number of hydrogen-bond acceptors (Lipinski definition) is 5. The van der Waals surface area contributed by atoms with Crippen LogP contribution in [-0.2, 0) is 0 Å². The largest absolute Gasteiger partial charge is 0.438 e. The summed E-state index contributed by atoms with van der Waals surface area (Å²) >= 11 is 0. The molecule has 0 atom stereocenters. The van der Waals surface area contributed by atoms with Gasteiger partial charge in [-0.05, 0) is 50.1 Å². The molecule has 4 aromatic rings. The third kappa shape index (κ3) is 4.48. The number of rotatable bonds is 5. The van der Waals surface area contributed by atoms with E-state index >= 15 is 0 Å². The number of aryl methyl sites for hydroxylation is 1. The molecule has 5 rings (SSSR count). The Kier molecular flexibility index (Phi) is 5.60. The molecular weight excluding hydrogens is 419 g/mol. The molecule has 6 nitrogen and oxygen atoms in total. The van der Waals surface area contributed by atoms with Crippen LogP contribution in [0.2, 0.25) is 0 Å². The van der Waals surface area contributed by atoms with E-state index in [4.69, 9.17) is 4.74 Å². The van der Waals surface area contributed by atoms with E-state index < -0.39 is 5.82 Å². The second-order valence-corrected chi connectivity index (χ2v) is 8.05. The first-order chi connectivity index (χ1) is 16.1. The molecule has 1 fully saturated rings. The van der Waals surface area contributed by atoms with Crippen LogP contribution in [0.1, 0.15) is 29.0 Å². The standard InChI is InChI=1S/C26H23FN4O2/c1-17-28-11-10-25(29-17)33-24-9-8-23(21-6-2-3-7-22(21)24)30-26(32)18-14-19(27)16-20(15-18)31-12-4-5-13-31/h2-3,6-11,14-16H,4-5,12-13H2,1H3,(H,30,32). The molecule has 0 saturated carbocycles. The van der Waals surface area contributed by atoms with E-state index in [0.29, 0.717) is 23.1 Å². The summed E-state index contributed by atoms with van der Waals surface area (Å²) in [6.07, 6.45) is 3.80. The SMILES string of the molecule is Cc1nccc(Oc2ccc(NC(=O)c3cc(F)cc(N4CCCC4)c3)c3ccccc23)n1. The number of nitrogens with zero attached hydrogens (tertiary/aromatic N) is 3. The summed E-state index contributed by atoms with van der Waals surface area (Å²) in [6, 6.07) is 17.4. The molecule has 33 heavy (non-hydrogen) atoms. The van der Waals surface area contributed by atoms with Gasteiger partial charge in [0.25, 0.3) is 5.91 Å². The molecule has 1 saturated heterocycles. The van der Waals surface area contributed by atoms with Crippen molar-refractivity contribution in [3.05, 3.63) is 84.1 Å². The lowest BCUT2D eigenvalue weighted by Gasteiger charge is -2.19. The Bertz CT molecular complexity index is 1340. The molecule has 7 heteroatoms. The van der Waals surface area contributed by atoms with Crippen LogP contribution in [0.3, 0.4) is 0 Å². The van der Waals surface area contributed by atoms with Crippen molar-refractivity contribution in [3.8, 4) is 11.6 Å². The van der Waals surface area contributed by atoms with Gasteiger partial charge in [-0.2, -0.15) is 4.98 Å². The van der Waals surface area contributed by atoms with Gasteiger partial charge in [0, 0.05) is 53.1 Å². The molecule has 0 bridgehead atoms. The van der Waals surface area contributed by atoms with Gasteiger partial charge < -0.3 is 15.0 Å². The number of fused-ring (bicyclic) bond motifs is 1. The molecular formula is C26H23FN4O2. The summed E-state index contributed by atoms with van der Waals surface area (Å²) < 4.78 is 20.3. The van der Waals surface area contributed by atoms with Gasteiger partial charge in [0.15, 0.2) is 0 Å². The maximum Gasteiger partial charge on any atom is 0.255 e. The fourth-order valence-electron chi connectivity index (χ4n) is 4.13. The van der Waals surface area contributed by atoms with Crippen molar-refractivity contribution in [1.29, 1.82) is 0 Å². The lowest BCUT2D eigenvalue weighted by Crippen LogP contribution is -2.19. The number of carbonyl (C=O) groups is 1. The number of halogens is 1. The highest BCUT2D eigenvalue weighted by atomic mass is 19.1. The van der Waals surface area contributed by atoms with Crippen LogP contribution in [0, 0.1) is 12.7 Å². The number of ether oxygens (including phenoxy) is 1. The Labute approximate surface area is 191 Å². The van der Waals surface area contributed by atoms with Crippen molar-refractivity contribution >= 4 is 28.1 Å². The molecule has 3 aromatic carbocycles. The summed E-state index contributed by atoms with van der Waals surface area (Å²) in [6.45, 7) is 3.55. The highest BCUT2D eigenvalue weighted by Crippen LogP contribution is 2.34. The number of benzene rings is 3. The average Bonchev–Trinajstić information content (AvgIpc) is 3.35. The summed E-state index contributed by atoms with van der Waals surface area (Å²) in [5, 5.41) is 4.57. The monoisotopic (exact) mass is 442 g/mol. The molecule has 1 N–H and O–H groups in total. The van der Waals surface area contributed by atoms with Crippen molar-refractivity contribution in [2.24, 2.45) is 0 Å². The zero-order chi connectivity index (χ0) is 22.8. The molecule has 0 aliphatic carbocycles. The number of hydrogen-bond donors (Lipinski definition) is 1. The molecule has 166 valence electrons. The molecule has 1 aliphatic heterocycles. The summed E-state index contributed by atoms with van der Waals surface area (Å²) in [5.74, 6) is 0.894. The van der Waals surface area contributed by atoms with Crippen LogP contribution >= 0.6 is 0 Å². The van der Waals surface area contributed by atoms with E-state index in [2.05, 4.69) is 20.2 Å². The predicted octanol–water partition coefficient (Wildman–Crippen LogP) is 5.72. The maximum atomic E-state index is 14.3. The molecule has 2 heterocycles. The van der Waals surface area contributed by atoms with Crippen molar-refractivity contribution < 1.29 is 13.9 Å². The zero-order valence-electron chi connectivity index (χ0n) is 18.2. The number of amides is 1. The highest BCUT2D eigenvalue weighted by Gasteiger charge is 2.17. The number of aromatic nitrogens is 2. The van der Waals surface area contributed by atoms with E-state index in [1.54, 1.807) is 37.4 Å². The lowest BCUT2D eigenvalue weighted by molar-refractivity contribution is 0.102. The second-order valence-electron chi connectivity index (χ2n) is 8.05. The third-order valence-electron chi connectivity index (χ3n) is 5.71. The van der Waals surface area contributed by atoms with Gasteiger partial charge in [0.2, 0.25) is 5.88 Å². The topological polar surface area (TPSA) is 67.3 Å². The van der Waals surface area contributed by atoms with Crippen molar-refractivity contribution in [1.82, 2.24) is 9.97 Å². The van der Waals surface area contributed by atoms with Gasteiger partial charge in [-0.3, -0.25) is 4.79 Å². The number of carbonyl (C=O) groups excluding carboxylic acids is 1. The van der Waals surface area contributed by atoms with E-state index in [0.717, 1.165) is 42.4 Å². The first-order valence-corrected chi connectivity index (χ1v) is 10.9. The zero-order valence-corrected chi connectivity index (χ0v) is 18.2. The van der Waals surface area contributed by atoms with Crippen molar-refractivity contribution in [3.63, 3.8) is 0 Å². The van der Waals surface area contributed by atoms with E-state index in [9.17, 15) is 9.18 Å². The lowest BCUT2D eigenvalue weighted by atomic mass is 10.1. The average molecular weight is 442 g/mol. The Balaban J connectivity index is 1.44. The molecule has 1 amide bonds. The second kappa shape index (κ2) is 8.86. The molecule has 0 radical (unpaired) electrons.